The second kappa shape index (κ2) is 9.54. The van der Waals surface area contributed by atoms with Gasteiger partial charge in [-0.25, -0.2) is 8.42 Å². The number of hydrogen-bond acceptors (Lipinski definition) is 6. The standard InChI is InChI=1S/C22H33N3O5S/c1-16-13-25(14-17(2)30-16)31(27,28)19-9-7-18(8-10-19)23-22(26)15-24-11-12-29-21-6-4-3-5-20(21)24/h7-10,16-17,20-21H,3-6,11-15H2,1-2H3,(H,23,26). The first-order valence-corrected chi connectivity index (χ1v) is 12.7. The second-order valence-corrected chi connectivity index (χ2v) is 10.8. The van der Waals surface area contributed by atoms with Crippen LogP contribution in [0.2, 0.25) is 0 Å². The highest BCUT2D eigenvalue weighted by atomic mass is 32.2. The van der Waals surface area contributed by atoms with Gasteiger partial charge in [-0.3, -0.25) is 9.69 Å². The van der Waals surface area contributed by atoms with Crippen LogP contribution in [0.25, 0.3) is 0 Å². The normalized spacial score (nSPS) is 30.5. The molecule has 2 aliphatic heterocycles. The van der Waals surface area contributed by atoms with Gasteiger partial charge < -0.3 is 14.8 Å². The molecule has 31 heavy (non-hydrogen) atoms. The molecular weight excluding hydrogens is 418 g/mol. The van der Waals surface area contributed by atoms with Crippen LogP contribution >= 0.6 is 0 Å². The molecule has 2 saturated heterocycles. The van der Waals surface area contributed by atoms with Gasteiger partial charge in [0, 0.05) is 31.4 Å². The first-order chi connectivity index (χ1) is 14.8. The Labute approximate surface area is 184 Å². The van der Waals surface area contributed by atoms with E-state index in [0.29, 0.717) is 38.0 Å². The first-order valence-electron chi connectivity index (χ1n) is 11.2. The topological polar surface area (TPSA) is 88.2 Å². The molecule has 0 bridgehead atoms. The molecule has 1 aliphatic carbocycles. The van der Waals surface area contributed by atoms with Gasteiger partial charge >= 0.3 is 0 Å². The number of nitrogens with zero attached hydrogens (tertiary/aromatic N) is 2. The van der Waals surface area contributed by atoms with Crippen molar-refractivity contribution in [2.75, 3.05) is 38.1 Å². The largest absolute Gasteiger partial charge is 0.375 e. The van der Waals surface area contributed by atoms with Gasteiger partial charge in [0.1, 0.15) is 0 Å². The first kappa shape index (κ1) is 22.7. The number of anilines is 1. The van der Waals surface area contributed by atoms with Gasteiger partial charge in [0.2, 0.25) is 15.9 Å². The highest BCUT2D eigenvalue weighted by Gasteiger charge is 2.35. The van der Waals surface area contributed by atoms with Crippen LogP contribution in [0.3, 0.4) is 0 Å². The van der Waals surface area contributed by atoms with E-state index in [9.17, 15) is 13.2 Å². The van der Waals surface area contributed by atoms with Crippen LogP contribution in [0.4, 0.5) is 5.69 Å². The van der Waals surface area contributed by atoms with E-state index >= 15 is 0 Å². The third-order valence-electron chi connectivity index (χ3n) is 6.36. The minimum atomic E-state index is -3.59. The van der Waals surface area contributed by atoms with Crippen LogP contribution in [0.1, 0.15) is 39.5 Å². The van der Waals surface area contributed by atoms with Crippen LogP contribution in [0.15, 0.2) is 29.2 Å². The summed E-state index contributed by atoms with van der Waals surface area (Å²) in [5.41, 5.74) is 0.598. The summed E-state index contributed by atoms with van der Waals surface area (Å²) in [4.78, 5) is 15.1. The molecule has 0 aromatic heterocycles. The third kappa shape index (κ3) is 5.28. The average Bonchev–Trinajstić information content (AvgIpc) is 2.74. The number of carbonyl (C=O) groups is 1. The maximum atomic E-state index is 13.0. The molecule has 3 aliphatic rings. The number of fused-ring (bicyclic) bond motifs is 1. The maximum Gasteiger partial charge on any atom is 0.243 e. The molecule has 1 aromatic rings. The van der Waals surface area contributed by atoms with Crippen molar-refractivity contribution in [3.8, 4) is 0 Å². The highest BCUT2D eigenvalue weighted by molar-refractivity contribution is 7.89. The second-order valence-electron chi connectivity index (χ2n) is 8.88. The third-order valence-corrected chi connectivity index (χ3v) is 8.20. The lowest BCUT2D eigenvalue weighted by molar-refractivity contribution is -0.124. The zero-order chi connectivity index (χ0) is 22.0. The Balaban J connectivity index is 1.36. The number of benzene rings is 1. The van der Waals surface area contributed by atoms with E-state index in [1.54, 1.807) is 24.3 Å². The Bertz CT molecular complexity index is 864. The number of sulfonamides is 1. The molecule has 1 amide bonds. The van der Waals surface area contributed by atoms with E-state index in [4.69, 9.17) is 9.47 Å². The minimum Gasteiger partial charge on any atom is -0.375 e. The number of nitrogens with one attached hydrogen (secondary N) is 1. The minimum absolute atomic E-state index is 0.0855. The molecule has 4 atom stereocenters. The molecule has 9 heteroatoms. The van der Waals surface area contributed by atoms with E-state index < -0.39 is 10.0 Å². The predicted octanol–water partition coefficient (Wildman–Crippen LogP) is 2.07. The average molecular weight is 452 g/mol. The van der Waals surface area contributed by atoms with Crippen molar-refractivity contribution in [2.45, 2.75) is 68.8 Å². The summed E-state index contributed by atoms with van der Waals surface area (Å²) in [6.07, 6.45) is 4.48. The number of hydrogen-bond donors (Lipinski definition) is 1. The number of morpholine rings is 2. The monoisotopic (exact) mass is 451 g/mol. The summed E-state index contributed by atoms with van der Waals surface area (Å²) < 4.78 is 38.9. The van der Waals surface area contributed by atoms with Crippen LogP contribution in [0.5, 0.6) is 0 Å². The highest BCUT2D eigenvalue weighted by Crippen LogP contribution is 2.28. The smallest absolute Gasteiger partial charge is 0.243 e. The SMILES string of the molecule is CC1CN(S(=O)(=O)c2ccc(NC(=O)CN3CCOC4CCCCC43)cc2)CC(C)O1. The molecule has 0 spiro atoms. The fourth-order valence-corrected chi connectivity index (χ4v) is 6.53. The summed E-state index contributed by atoms with van der Waals surface area (Å²) in [5.74, 6) is -0.0855. The number of ether oxygens (including phenoxy) is 2. The van der Waals surface area contributed by atoms with Crippen molar-refractivity contribution in [3.05, 3.63) is 24.3 Å². The Kier molecular flexibility index (Phi) is 6.98. The van der Waals surface area contributed by atoms with E-state index in [1.807, 2.05) is 13.8 Å². The number of rotatable bonds is 5. The predicted molar refractivity (Wildman–Crippen MR) is 117 cm³/mol. The van der Waals surface area contributed by atoms with Gasteiger partial charge in [-0.2, -0.15) is 4.31 Å². The van der Waals surface area contributed by atoms with Crippen molar-refractivity contribution in [1.29, 1.82) is 0 Å². The van der Waals surface area contributed by atoms with Crippen molar-refractivity contribution in [3.63, 3.8) is 0 Å². The molecule has 172 valence electrons. The fraction of sp³-hybridized carbons (Fsp3) is 0.682. The van der Waals surface area contributed by atoms with E-state index in [0.717, 1.165) is 19.4 Å². The lowest BCUT2D eigenvalue weighted by Gasteiger charge is -2.43. The van der Waals surface area contributed by atoms with Crippen molar-refractivity contribution in [2.24, 2.45) is 0 Å². The molecule has 4 rings (SSSR count). The molecule has 3 fully saturated rings. The van der Waals surface area contributed by atoms with E-state index in [2.05, 4.69) is 10.2 Å². The van der Waals surface area contributed by atoms with Gasteiger partial charge in [0.05, 0.1) is 36.4 Å². The quantitative estimate of drug-likeness (QED) is 0.737. The van der Waals surface area contributed by atoms with Crippen molar-refractivity contribution >= 4 is 21.6 Å². The van der Waals surface area contributed by atoms with Gasteiger partial charge in [-0.05, 0) is 51.0 Å². The zero-order valence-electron chi connectivity index (χ0n) is 18.3. The summed E-state index contributed by atoms with van der Waals surface area (Å²) in [6.45, 7) is 6.19. The molecule has 1 N–H and O–H groups in total. The van der Waals surface area contributed by atoms with E-state index in [1.165, 1.54) is 17.1 Å². The van der Waals surface area contributed by atoms with Crippen LogP contribution in [0, 0.1) is 0 Å². The van der Waals surface area contributed by atoms with Gasteiger partial charge in [0.25, 0.3) is 0 Å². The van der Waals surface area contributed by atoms with Crippen molar-refractivity contribution in [1.82, 2.24) is 9.21 Å². The number of amides is 1. The summed E-state index contributed by atoms with van der Waals surface area (Å²) in [7, 11) is -3.59. The summed E-state index contributed by atoms with van der Waals surface area (Å²) in [5, 5.41) is 2.91. The van der Waals surface area contributed by atoms with Gasteiger partial charge in [-0.1, -0.05) is 12.8 Å². The molecule has 8 nitrogen and oxygen atoms in total. The maximum absolute atomic E-state index is 13.0. The van der Waals surface area contributed by atoms with Crippen LogP contribution in [-0.2, 0) is 24.3 Å². The Hall–Kier alpha value is -1.52. The molecule has 0 radical (unpaired) electrons. The molecule has 4 unspecified atom stereocenters. The number of carbonyl (C=O) groups excluding carboxylic acids is 1. The Morgan fingerprint density at radius 2 is 1.77 bits per heavy atom. The lowest BCUT2D eigenvalue weighted by Crippen LogP contribution is -2.54. The molecule has 1 saturated carbocycles. The fourth-order valence-electron chi connectivity index (χ4n) is 4.94. The summed E-state index contributed by atoms with van der Waals surface area (Å²) >= 11 is 0. The molecule has 1 aromatic carbocycles. The molecule has 2 heterocycles. The Morgan fingerprint density at radius 3 is 2.48 bits per heavy atom. The van der Waals surface area contributed by atoms with Crippen LogP contribution in [-0.4, -0.2) is 80.7 Å². The van der Waals surface area contributed by atoms with Gasteiger partial charge in [0.15, 0.2) is 0 Å². The van der Waals surface area contributed by atoms with E-state index in [-0.39, 0.29) is 29.1 Å². The Morgan fingerprint density at radius 1 is 1.10 bits per heavy atom. The van der Waals surface area contributed by atoms with Gasteiger partial charge in [-0.15, -0.1) is 0 Å². The lowest BCUT2D eigenvalue weighted by atomic mass is 9.90. The zero-order valence-corrected chi connectivity index (χ0v) is 19.1. The summed E-state index contributed by atoms with van der Waals surface area (Å²) in [6, 6.07) is 6.74. The van der Waals surface area contributed by atoms with Crippen molar-refractivity contribution < 1.29 is 22.7 Å². The molecular formula is C22H33N3O5S. The van der Waals surface area contributed by atoms with Crippen LogP contribution < -0.4 is 5.32 Å².